The molecule has 0 aromatic carbocycles. The van der Waals surface area contributed by atoms with E-state index in [2.05, 4.69) is 9.97 Å². The van der Waals surface area contributed by atoms with Crippen molar-refractivity contribution in [3.8, 4) is 0 Å². The fourth-order valence-electron chi connectivity index (χ4n) is 2.11. The molecule has 0 saturated heterocycles. The molecule has 4 atom stereocenters. The van der Waals surface area contributed by atoms with E-state index in [1.54, 1.807) is 0 Å². The van der Waals surface area contributed by atoms with Crippen molar-refractivity contribution in [1.29, 1.82) is 0 Å². The summed E-state index contributed by atoms with van der Waals surface area (Å²) < 4.78 is 9.65. The molecule has 2 rings (SSSR count). The molecular weight excluding hydrogens is 372 g/mol. The Morgan fingerprint density at radius 3 is 1.50 bits per heavy atom. The largest absolute Gasteiger partial charge is 0.459 e. The predicted molar refractivity (Wildman–Crippen MR) is 93.1 cm³/mol. The Morgan fingerprint density at radius 2 is 1.18 bits per heavy atom. The zero-order valence-electron chi connectivity index (χ0n) is 14.7. The number of ether oxygens (including phenoxy) is 2. The van der Waals surface area contributed by atoms with Crippen molar-refractivity contribution >= 4 is 11.9 Å². The topological polar surface area (TPSA) is 159 Å². The molecule has 0 unspecified atom stereocenters. The maximum atomic E-state index is 11.8. The van der Waals surface area contributed by atoms with E-state index in [0.29, 0.717) is 0 Å². The van der Waals surface area contributed by atoms with Gasteiger partial charge in [-0.05, 0) is 24.3 Å². The average molecular weight is 392 g/mol. The van der Waals surface area contributed by atoms with Crippen LogP contribution in [0.25, 0.3) is 0 Å². The number of aromatic nitrogens is 2. The van der Waals surface area contributed by atoms with E-state index in [9.17, 15) is 30.0 Å². The summed E-state index contributed by atoms with van der Waals surface area (Å²) in [4.78, 5) is 31.0. The Balaban J connectivity index is 1.79. The van der Waals surface area contributed by atoms with Gasteiger partial charge in [0.05, 0.1) is 11.1 Å². The second-order valence-corrected chi connectivity index (χ2v) is 5.80. The number of aliphatic hydroxyl groups excluding tert-OH is 4. The van der Waals surface area contributed by atoms with Gasteiger partial charge in [-0.2, -0.15) is 0 Å². The Kier molecular flexibility index (Phi) is 7.96. The molecule has 10 heteroatoms. The number of carbonyl (C=O) groups excluding carboxylic acids is 2. The quantitative estimate of drug-likeness (QED) is 0.387. The van der Waals surface area contributed by atoms with Gasteiger partial charge in [-0.25, -0.2) is 9.59 Å². The van der Waals surface area contributed by atoms with Crippen molar-refractivity contribution in [1.82, 2.24) is 9.97 Å². The lowest BCUT2D eigenvalue weighted by molar-refractivity contribution is -0.125. The van der Waals surface area contributed by atoms with Crippen LogP contribution in [0.3, 0.4) is 0 Å². The standard InChI is InChI=1S/C18H20N2O8/c21-13(9-27-17(25)11-3-1-5-19-7-11)15(23)16(24)14(22)10-28-18(26)12-4-2-6-20-8-12/h1-8,13-16,21-24H,9-10H2/t13-,14-,15-,16-/m1/s1. The molecule has 150 valence electrons. The fraction of sp³-hybridized carbons (Fsp3) is 0.333. The predicted octanol–water partition coefficient (Wildman–Crippen LogP) is -1.07. The van der Waals surface area contributed by atoms with Gasteiger partial charge in [-0.15, -0.1) is 0 Å². The molecule has 0 radical (unpaired) electrons. The van der Waals surface area contributed by atoms with E-state index in [4.69, 9.17) is 9.47 Å². The van der Waals surface area contributed by atoms with Gasteiger partial charge in [0.2, 0.25) is 0 Å². The minimum atomic E-state index is -1.85. The van der Waals surface area contributed by atoms with Crippen molar-refractivity contribution in [2.75, 3.05) is 13.2 Å². The lowest BCUT2D eigenvalue weighted by Crippen LogP contribution is -2.48. The second kappa shape index (κ2) is 10.4. The minimum Gasteiger partial charge on any atom is -0.459 e. The highest BCUT2D eigenvalue weighted by Crippen LogP contribution is 2.09. The molecule has 0 spiro atoms. The van der Waals surface area contributed by atoms with E-state index >= 15 is 0 Å². The van der Waals surface area contributed by atoms with Gasteiger partial charge in [0.25, 0.3) is 0 Å². The maximum absolute atomic E-state index is 11.8. The lowest BCUT2D eigenvalue weighted by Gasteiger charge is -2.26. The second-order valence-electron chi connectivity index (χ2n) is 5.80. The first-order valence-corrected chi connectivity index (χ1v) is 8.26. The van der Waals surface area contributed by atoms with Crippen LogP contribution in [0.15, 0.2) is 49.1 Å². The minimum absolute atomic E-state index is 0.145. The summed E-state index contributed by atoms with van der Waals surface area (Å²) in [5.41, 5.74) is 0.291. The van der Waals surface area contributed by atoms with Crippen LogP contribution in [0.2, 0.25) is 0 Å². The molecule has 2 aromatic heterocycles. The highest BCUT2D eigenvalue weighted by molar-refractivity contribution is 5.89. The van der Waals surface area contributed by atoms with E-state index < -0.39 is 49.6 Å². The fourth-order valence-corrected chi connectivity index (χ4v) is 2.11. The van der Waals surface area contributed by atoms with Gasteiger partial charge in [0.1, 0.15) is 37.6 Å². The van der Waals surface area contributed by atoms with Gasteiger partial charge in [0, 0.05) is 24.8 Å². The Bertz CT molecular complexity index is 693. The van der Waals surface area contributed by atoms with Crippen LogP contribution in [0.5, 0.6) is 0 Å². The molecule has 2 heterocycles. The van der Waals surface area contributed by atoms with Gasteiger partial charge >= 0.3 is 11.9 Å². The first kappa shape index (κ1) is 21.4. The van der Waals surface area contributed by atoms with Gasteiger partial charge < -0.3 is 29.9 Å². The summed E-state index contributed by atoms with van der Waals surface area (Å²) in [6, 6.07) is 5.95. The highest BCUT2D eigenvalue weighted by atomic mass is 16.5. The van der Waals surface area contributed by atoms with Crippen LogP contribution in [0.4, 0.5) is 0 Å². The van der Waals surface area contributed by atoms with Gasteiger partial charge in [0.15, 0.2) is 0 Å². The van der Waals surface area contributed by atoms with E-state index in [1.165, 1.54) is 49.1 Å². The third kappa shape index (κ3) is 6.06. The first-order valence-electron chi connectivity index (χ1n) is 8.26. The number of nitrogens with zero attached hydrogens (tertiary/aromatic N) is 2. The molecular formula is C18H20N2O8. The molecule has 0 saturated carbocycles. The summed E-state index contributed by atoms with van der Waals surface area (Å²) in [5.74, 6) is -1.56. The number of pyridine rings is 2. The van der Waals surface area contributed by atoms with Crippen molar-refractivity contribution in [3.63, 3.8) is 0 Å². The third-order valence-corrected chi connectivity index (χ3v) is 3.70. The van der Waals surface area contributed by atoms with Crippen LogP contribution in [0.1, 0.15) is 20.7 Å². The highest BCUT2D eigenvalue weighted by Gasteiger charge is 2.32. The molecule has 0 amide bonds. The molecule has 0 aliphatic heterocycles. The van der Waals surface area contributed by atoms with Crippen LogP contribution in [-0.4, -0.2) is 80.0 Å². The van der Waals surface area contributed by atoms with Crippen LogP contribution >= 0.6 is 0 Å². The number of hydrogen-bond acceptors (Lipinski definition) is 10. The van der Waals surface area contributed by atoms with E-state index in [1.807, 2.05) is 0 Å². The van der Waals surface area contributed by atoms with E-state index in [-0.39, 0.29) is 11.1 Å². The van der Waals surface area contributed by atoms with Crippen molar-refractivity contribution in [2.24, 2.45) is 0 Å². The van der Waals surface area contributed by atoms with E-state index in [0.717, 1.165) is 0 Å². The summed E-state index contributed by atoms with van der Waals surface area (Å²) in [5, 5.41) is 39.5. The Hall–Kier alpha value is -2.92. The maximum Gasteiger partial charge on any atom is 0.339 e. The van der Waals surface area contributed by atoms with Gasteiger partial charge in [-0.3, -0.25) is 9.97 Å². The van der Waals surface area contributed by atoms with Crippen LogP contribution in [-0.2, 0) is 9.47 Å². The average Bonchev–Trinajstić information content (AvgIpc) is 2.75. The number of hydrogen-bond donors (Lipinski definition) is 4. The van der Waals surface area contributed by atoms with Crippen LogP contribution in [0, 0.1) is 0 Å². The Morgan fingerprint density at radius 1 is 0.786 bits per heavy atom. The summed E-state index contributed by atoms with van der Waals surface area (Å²) in [7, 11) is 0. The monoisotopic (exact) mass is 392 g/mol. The normalized spacial score (nSPS) is 15.1. The van der Waals surface area contributed by atoms with Gasteiger partial charge in [-0.1, -0.05) is 0 Å². The zero-order chi connectivity index (χ0) is 20.5. The molecule has 0 fully saturated rings. The summed E-state index contributed by atoms with van der Waals surface area (Å²) >= 11 is 0. The lowest BCUT2D eigenvalue weighted by atomic mass is 10.0. The molecule has 2 aromatic rings. The van der Waals surface area contributed by atoms with Crippen LogP contribution < -0.4 is 0 Å². The smallest absolute Gasteiger partial charge is 0.339 e. The number of esters is 2. The third-order valence-electron chi connectivity index (χ3n) is 3.70. The number of carbonyl (C=O) groups is 2. The van der Waals surface area contributed by atoms with Crippen molar-refractivity contribution < 1.29 is 39.5 Å². The van der Waals surface area contributed by atoms with Crippen molar-refractivity contribution in [2.45, 2.75) is 24.4 Å². The zero-order valence-corrected chi connectivity index (χ0v) is 14.7. The Labute approximate surface area is 160 Å². The summed E-state index contributed by atoms with van der Waals surface area (Å²) in [6.45, 7) is -1.26. The number of rotatable bonds is 9. The molecule has 0 aliphatic rings. The SMILES string of the molecule is O=C(OC[C@@H](O)[C@@H](O)[C@H](O)[C@H](O)COC(=O)c1cccnc1)c1cccnc1. The molecule has 4 N–H and O–H groups in total. The molecule has 10 nitrogen and oxygen atoms in total. The molecule has 0 bridgehead atoms. The number of aliphatic hydroxyl groups is 4. The molecule has 0 aliphatic carbocycles. The molecule has 28 heavy (non-hydrogen) atoms. The first-order chi connectivity index (χ1) is 13.4. The summed E-state index contributed by atoms with van der Waals surface area (Å²) in [6.07, 6.45) is -1.61. The van der Waals surface area contributed by atoms with Crippen molar-refractivity contribution in [3.05, 3.63) is 60.2 Å².